The Hall–Kier alpha value is -0.120. The minimum absolute atomic E-state index is 0.0261. The summed E-state index contributed by atoms with van der Waals surface area (Å²) < 4.78 is 0. The van der Waals surface area contributed by atoms with E-state index in [9.17, 15) is 15.3 Å². The lowest BCUT2D eigenvalue weighted by Crippen LogP contribution is -2.65. The Bertz CT molecular complexity index is 563. The van der Waals surface area contributed by atoms with Gasteiger partial charge in [0.1, 0.15) is 0 Å². The minimum Gasteiger partial charge on any atom is -0.396 e. The fraction of sp³-hybridized carbons (Fsp3) is 1.00. The summed E-state index contributed by atoms with van der Waals surface area (Å²) in [5, 5.41) is 31.9. The quantitative estimate of drug-likeness (QED) is 0.696. The van der Waals surface area contributed by atoms with Gasteiger partial charge in [-0.2, -0.15) is 0 Å². The molecule has 10 atom stereocenters. The van der Waals surface area contributed by atoms with Gasteiger partial charge in [-0.25, -0.2) is 0 Å². The molecule has 0 aromatic rings. The van der Waals surface area contributed by atoms with E-state index < -0.39 is 0 Å². The van der Waals surface area contributed by atoms with Crippen molar-refractivity contribution in [2.45, 2.75) is 71.5 Å². The van der Waals surface area contributed by atoms with Crippen LogP contribution in [0.4, 0.5) is 0 Å². The van der Waals surface area contributed by atoms with E-state index in [1.807, 2.05) is 0 Å². The van der Waals surface area contributed by atoms with Crippen LogP contribution < -0.4 is 0 Å². The van der Waals surface area contributed by atoms with Gasteiger partial charge in [0, 0.05) is 6.61 Å². The van der Waals surface area contributed by atoms with Crippen LogP contribution in [0.2, 0.25) is 0 Å². The molecule has 4 bridgehead atoms. The summed E-state index contributed by atoms with van der Waals surface area (Å²) in [5.74, 6) is 2.55. The van der Waals surface area contributed by atoms with Crippen molar-refractivity contribution in [1.29, 1.82) is 0 Å². The Balaban J connectivity index is 1.60. The first-order chi connectivity index (χ1) is 10.7. The number of hydrogen-bond donors (Lipinski definition) is 3. The molecule has 3 N–H and O–H groups in total. The number of aliphatic hydroxyl groups excluding tert-OH is 3. The third kappa shape index (κ3) is 1.54. The summed E-state index contributed by atoms with van der Waals surface area (Å²) in [6.45, 7) is 6.97. The Morgan fingerprint density at radius 2 is 1.65 bits per heavy atom. The molecule has 0 aromatic heterocycles. The number of rotatable bonds is 1. The zero-order valence-corrected chi connectivity index (χ0v) is 14.8. The van der Waals surface area contributed by atoms with Gasteiger partial charge in [0.25, 0.3) is 0 Å². The van der Waals surface area contributed by atoms with Crippen LogP contribution in [0.15, 0.2) is 0 Å². The van der Waals surface area contributed by atoms with Gasteiger partial charge in [-0.3, -0.25) is 0 Å². The van der Waals surface area contributed by atoms with Crippen molar-refractivity contribution < 1.29 is 15.3 Å². The van der Waals surface area contributed by atoms with E-state index in [1.54, 1.807) is 0 Å². The largest absolute Gasteiger partial charge is 0.396 e. The summed E-state index contributed by atoms with van der Waals surface area (Å²) in [7, 11) is 0. The summed E-state index contributed by atoms with van der Waals surface area (Å²) in [6, 6.07) is 0. The van der Waals surface area contributed by atoms with Crippen LogP contribution in [-0.4, -0.2) is 34.1 Å². The topological polar surface area (TPSA) is 60.7 Å². The molecular formula is C20H32O3. The molecule has 6 aliphatic rings. The van der Waals surface area contributed by atoms with E-state index in [-0.39, 0.29) is 35.6 Å². The fourth-order valence-corrected chi connectivity index (χ4v) is 9.27. The second-order valence-electron chi connectivity index (χ2n) is 10.9. The lowest BCUT2D eigenvalue weighted by Gasteiger charge is -2.67. The Morgan fingerprint density at radius 3 is 2.26 bits per heavy atom. The molecular weight excluding hydrogens is 288 g/mol. The zero-order chi connectivity index (χ0) is 16.4. The molecule has 3 heteroatoms. The summed E-state index contributed by atoms with van der Waals surface area (Å²) in [5.41, 5.74) is 0.502. The van der Waals surface area contributed by atoms with E-state index in [0.717, 1.165) is 24.7 Å². The highest BCUT2D eigenvalue weighted by molar-refractivity contribution is 5.28. The van der Waals surface area contributed by atoms with Crippen molar-refractivity contribution in [1.82, 2.24) is 0 Å². The normalized spacial score (nSPS) is 69.1. The van der Waals surface area contributed by atoms with Gasteiger partial charge in [0.2, 0.25) is 0 Å². The van der Waals surface area contributed by atoms with Gasteiger partial charge in [0.15, 0.2) is 0 Å². The number of hydrogen-bond acceptors (Lipinski definition) is 3. The van der Waals surface area contributed by atoms with Crippen LogP contribution in [0.3, 0.4) is 0 Å². The van der Waals surface area contributed by atoms with Crippen molar-refractivity contribution >= 4 is 0 Å². The average molecular weight is 320 g/mol. The maximum atomic E-state index is 11.2. The molecule has 1 spiro atoms. The molecule has 3 nitrogen and oxygen atoms in total. The molecule has 6 aliphatic carbocycles. The monoisotopic (exact) mass is 320 g/mol. The van der Waals surface area contributed by atoms with Crippen molar-refractivity contribution in [3.63, 3.8) is 0 Å². The Morgan fingerprint density at radius 1 is 0.913 bits per heavy atom. The van der Waals surface area contributed by atoms with Gasteiger partial charge < -0.3 is 15.3 Å². The van der Waals surface area contributed by atoms with Gasteiger partial charge in [0.05, 0.1) is 12.2 Å². The lowest BCUT2D eigenvalue weighted by molar-refractivity contribution is -0.235. The molecule has 0 radical (unpaired) electrons. The van der Waals surface area contributed by atoms with Crippen LogP contribution >= 0.6 is 0 Å². The first-order valence-corrected chi connectivity index (χ1v) is 9.66. The molecule has 130 valence electrons. The molecule has 6 fully saturated rings. The Kier molecular flexibility index (Phi) is 2.63. The first kappa shape index (κ1) is 15.2. The molecule has 23 heavy (non-hydrogen) atoms. The molecule has 0 saturated heterocycles. The van der Waals surface area contributed by atoms with Crippen LogP contribution in [0.25, 0.3) is 0 Å². The highest BCUT2D eigenvalue weighted by atomic mass is 16.3. The van der Waals surface area contributed by atoms with Crippen LogP contribution in [0, 0.1) is 45.3 Å². The van der Waals surface area contributed by atoms with Crippen LogP contribution in [-0.2, 0) is 0 Å². The second kappa shape index (κ2) is 3.99. The van der Waals surface area contributed by atoms with E-state index in [1.165, 1.54) is 19.3 Å². The SMILES string of the molecule is C[C@@]1(CO)C[C@@H](O)C[C@@]2(C)C1[C@H](O)C[C@@]13CC4[C@@H](CC12)[C@@]4(C)C3. The Labute approximate surface area is 139 Å². The second-order valence-corrected chi connectivity index (χ2v) is 10.9. The van der Waals surface area contributed by atoms with Gasteiger partial charge in [-0.15, -0.1) is 0 Å². The maximum Gasteiger partial charge on any atom is 0.0585 e. The summed E-state index contributed by atoms with van der Waals surface area (Å²) in [4.78, 5) is 0. The van der Waals surface area contributed by atoms with Crippen molar-refractivity contribution in [2.24, 2.45) is 45.3 Å². The highest BCUT2D eigenvalue weighted by Gasteiger charge is 2.79. The minimum atomic E-state index is -0.346. The van der Waals surface area contributed by atoms with Gasteiger partial charge >= 0.3 is 0 Å². The molecule has 0 heterocycles. The fourth-order valence-electron chi connectivity index (χ4n) is 9.27. The van der Waals surface area contributed by atoms with Crippen molar-refractivity contribution in [3.05, 3.63) is 0 Å². The van der Waals surface area contributed by atoms with E-state index in [2.05, 4.69) is 20.8 Å². The lowest BCUT2D eigenvalue weighted by atomic mass is 9.38. The van der Waals surface area contributed by atoms with E-state index in [4.69, 9.17) is 0 Å². The van der Waals surface area contributed by atoms with Gasteiger partial charge in [-0.05, 0) is 83.9 Å². The standard InChI is InChI=1S/C20H32O3/c1-17(10-21)5-11(22)6-18(2)15-4-12-13-7-20(15,9-19(12,13)3)8-14(23)16(17)18/h11-16,21-23H,4-10H2,1-3H3/t11-,12-,13?,14-,15?,16?,17+,18-,19-,20-/m1/s1. The third-order valence-corrected chi connectivity index (χ3v) is 9.66. The first-order valence-electron chi connectivity index (χ1n) is 9.66. The average Bonchev–Trinajstić information content (AvgIpc) is 2.88. The van der Waals surface area contributed by atoms with E-state index >= 15 is 0 Å². The predicted molar refractivity (Wildman–Crippen MR) is 87.5 cm³/mol. The number of fused-ring (bicyclic) bond motifs is 1. The van der Waals surface area contributed by atoms with E-state index in [0.29, 0.717) is 23.2 Å². The maximum absolute atomic E-state index is 11.2. The van der Waals surface area contributed by atoms with Gasteiger partial charge in [-0.1, -0.05) is 20.8 Å². The molecule has 0 amide bonds. The summed E-state index contributed by atoms with van der Waals surface area (Å²) in [6.07, 6.45) is 5.62. The van der Waals surface area contributed by atoms with Crippen molar-refractivity contribution in [3.8, 4) is 0 Å². The molecule has 6 rings (SSSR count). The zero-order valence-electron chi connectivity index (χ0n) is 14.8. The smallest absolute Gasteiger partial charge is 0.0585 e. The van der Waals surface area contributed by atoms with Crippen LogP contribution in [0.5, 0.6) is 0 Å². The molecule has 0 aromatic carbocycles. The number of aliphatic hydroxyl groups is 3. The highest BCUT2D eigenvalue weighted by Crippen LogP contribution is 2.85. The molecule has 3 unspecified atom stereocenters. The third-order valence-electron chi connectivity index (χ3n) is 9.66. The van der Waals surface area contributed by atoms with Crippen LogP contribution in [0.1, 0.15) is 59.3 Å². The molecule has 0 aliphatic heterocycles. The predicted octanol–water partition coefficient (Wildman–Crippen LogP) is 2.58. The molecule has 6 saturated carbocycles. The summed E-state index contributed by atoms with van der Waals surface area (Å²) >= 11 is 0. The van der Waals surface area contributed by atoms with Crippen molar-refractivity contribution in [2.75, 3.05) is 6.61 Å².